The van der Waals surface area contributed by atoms with Crippen LogP contribution in [0, 0.1) is 35.5 Å². The average molecular weight is 2120 g/mol. The molecule has 0 bridgehead atoms. The van der Waals surface area contributed by atoms with Crippen LogP contribution in [0.3, 0.4) is 0 Å². The molecule has 6 aliphatic rings. The Morgan fingerprint density at radius 2 is 0.674 bits per heavy atom. The Morgan fingerprint density at radius 1 is 0.377 bits per heavy atom. The van der Waals surface area contributed by atoms with Crippen LogP contribution in [0.15, 0.2) is 170 Å². The number of phenols is 3. The second-order valence-corrected chi connectivity index (χ2v) is 37.5. The fourth-order valence-corrected chi connectivity index (χ4v) is 12.4. The van der Waals surface area contributed by atoms with E-state index in [0.29, 0.717) is 97.6 Å². The van der Waals surface area contributed by atoms with Crippen LogP contribution in [0.4, 0.5) is 0 Å². The number of ether oxygens (including phenoxy) is 9. The largest absolute Gasteiger partial charge is 1.00 e. The number of rotatable bonds is 40. The number of hydrogen-bond acceptors (Lipinski definition) is 37. The Balaban J connectivity index is 0.000000549. The summed E-state index contributed by atoms with van der Waals surface area (Å²) in [6.07, 6.45) is 19.6. The number of aliphatic carboxylic acids is 1. The maximum absolute atomic E-state index is 12.3. The third-order valence-electron chi connectivity index (χ3n) is 17.9. The van der Waals surface area contributed by atoms with Gasteiger partial charge < -0.3 is 102 Å². The summed E-state index contributed by atoms with van der Waals surface area (Å²) in [5, 5.41) is 62.4. The maximum atomic E-state index is 12.3. The molecule has 0 heterocycles. The number of carboxylic acids is 2. The van der Waals surface area contributed by atoms with Crippen LogP contribution in [0.1, 0.15) is 159 Å². The zero-order valence-electron chi connectivity index (χ0n) is 76.4. The molecule has 14 rings (SSSR count). The first-order valence-corrected chi connectivity index (χ1v) is 49.5. The number of benzene rings is 8. The van der Waals surface area contributed by atoms with E-state index in [4.69, 9.17) is 85.5 Å². The van der Waals surface area contributed by atoms with Crippen LogP contribution in [0.2, 0.25) is 0 Å². The van der Waals surface area contributed by atoms with Crippen molar-refractivity contribution in [1.29, 1.82) is 0 Å². The molecule has 0 aromatic heterocycles. The van der Waals surface area contributed by atoms with Crippen LogP contribution in [0.5, 0.6) is 69.0 Å². The van der Waals surface area contributed by atoms with Gasteiger partial charge in [0.2, 0.25) is 0 Å². The number of esters is 4. The van der Waals surface area contributed by atoms with Crippen molar-refractivity contribution >= 4 is 118 Å². The molecule has 742 valence electrons. The Labute approximate surface area is 893 Å². The van der Waals surface area contributed by atoms with E-state index in [1.165, 1.54) is 128 Å². The minimum absolute atomic E-state index is 0. The number of carboxylic acid groups (broad SMARTS) is 2. The number of carbonyl (C=O) groups excluding carboxylic acids is 8. The Bertz CT molecular complexity index is 5740. The molecule has 0 aliphatic heterocycles. The number of aliphatic hydroxyl groups is 1. The smallest absolute Gasteiger partial charge is 1.00 e. The zero-order valence-corrected chi connectivity index (χ0v) is 86.5. The van der Waals surface area contributed by atoms with Gasteiger partial charge in [0.25, 0.3) is 6.47 Å². The van der Waals surface area contributed by atoms with Gasteiger partial charge in [-0.05, 0) is 233 Å². The Kier molecular flexibility index (Phi) is 55.9. The van der Waals surface area contributed by atoms with E-state index in [1.54, 1.807) is 12.1 Å². The quantitative estimate of drug-likeness (QED) is 0.00317. The van der Waals surface area contributed by atoms with Gasteiger partial charge in [-0.15, -0.1) is 0 Å². The summed E-state index contributed by atoms with van der Waals surface area (Å²) in [7, 11) is -14.8. The topological polar surface area (TPSA) is 581 Å². The first-order chi connectivity index (χ1) is 64.1. The van der Waals surface area contributed by atoms with Crippen LogP contribution < -0.4 is 148 Å². The van der Waals surface area contributed by atoms with Crippen molar-refractivity contribution in [3.63, 3.8) is 0 Å². The number of hydrogen-bond donors (Lipinski definition) is 6. The van der Waals surface area contributed by atoms with E-state index in [2.05, 4.69) is 30.3 Å². The molecular weight excluding hydrogens is 2020 g/mol. The predicted molar refractivity (Wildman–Crippen MR) is 489 cm³/mol. The van der Waals surface area contributed by atoms with Gasteiger partial charge in [-0.25, -0.2) is 28.8 Å². The van der Waals surface area contributed by atoms with Gasteiger partial charge in [0, 0.05) is 22.0 Å². The van der Waals surface area contributed by atoms with Crippen molar-refractivity contribution in [1.82, 2.24) is 0 Å². The normalized spacial score (nSPS) is 13.3. The molecule has 0 saturated heterocycles. The number of carbonyl (C=O) groups is 10. The summed E-state index contributed by atoms with van der Waals surface area (Å²) in [5.41, 5.74) is 3.17. The summed E-state index contributed by atoms with van der Waals surface area (Å²) in [5.74, 6) is -1.10. The average Bonchev–Trinajstić information content (AvgIpc) is 1.82. The molecule has 8 aromatic rings. The van der Waals surface area contributed by atoms with Crippen LogP contribution in [0.25, 0.3) is 0 Å². The minimum atomic E-state index is -3.76. The van der Waals surface area contributed by atoms with Gasteiger partial charge in [-0.3, -0.25) is 19.2 Å². The third-order valence-corrected chi connectivity index (χ3v) is 20.8. The fourth-order valence-electron chi connectivity index (χ4n) is 9.94. The van der Waals surface area contributed by atoms with Gasteiger partial charge in [0.15, 0.2) is 82.2 Å². The number of aliphatic hydroxyl groups excluding tert-OH is 1. The van der Waals surface area contributed by atoms with Crippen LogP contribution in [-0.2, 0) is 96.7 Å². The van der Waals surface area contributed by atoms with Gasteiger partial charge in [0.05, 0.1) is 74.7 Å². The Morgan fingerprint density at radius 3 is 0.978 bits per heavy atom. The fraction of sp³-hybridized carbons (Fsp3) is 0.370. The van der Waals surface area contributed by atoms with Crippen molar-refractivity contribution < 1.29 is 286 Å². The molecule has 0 radical (unpaired) electrons. The van der Waals surface area contributed by atoms with Crippen molar-refractivity contribution in [2.75, 3.05) is 83.2 Å². The van der Waals surface area contributed by atoms with Crippen molar-refractivity contribution in [3.8, 4) is 69.0 Å². The first kappa shape index (κ1) is 122. The molecule has 0 amide bonds. The minimum Gasteiger partial charge on any atom is -1.00 e. The molecular formula is C92H107BrK2O39S4. The second-order valence-electron chi connectivity index (χ2n) is 30.5. The number of alkyl halides is 1. The van der Waals surface area contributed by atoms with Crippen molar-refractivity contribution in [2.24, 2.45) is 35.5 Å². The predicted octanol–water partition coefficient (Wildman–Crippen LogP) is 5.52. The van der Waals surface area contributed by atoms with E-state index < -0.39 is 96.1 Å². The molecule has 39 nitrogen and oxygen atoms in total. The number of aldehydes is 3. The van der Waals surface area contributed by atoms with Gasteiger partial charge in [-0.2, -0.15) is 33.7 Å². The molecule has 6 saturated carbocycles. The molecule has 8 aromatic carbocycles. The second kappa shape index (κ2) is 63.0. The monoisotopic (exact) mass is 2120 g/mol. The van der Waals surface area contributed by atoms with E-state index >= 15 is 0 Å². The standard InChI is InChI=1S/C21H22O8S.C14H16O8S.C12H14O6S.C12H14O5S.C11H12O3.C9H10O3.C7H6O3.C4H7Br.CH2O3.CH4.2K.H/c1-30(24,25)29-18-10-9-17(11-19(18)26-12-16-7-8-16)21(23)28-14-20(22)27-13-15-5-3-2-4-6-15;1-23(18,19)22-11-5-4-10(14(17)21-8-13(15)16)6-12(11)20-7-9-2-3-9;1-19(15,16)18-10-5-4-9(12(13)14)6-11(10)17-7-8-2-3-8;1-18(14,15)17-11-5-4-10(7-13)6-12(11)16-8-9-2-3-9;12-6-9-3-4-10(13)11(5-9)14-7-8-1-2-8;10-6-9(11)12-7-8-4-2-1-3-5-8;8-4-5-1-2-6(9)7(10)3-5;5-3-4-1-2-4;2-1-4-3;;;;/h2-6,9-11,16H,7-8,12-14H2,1H3;4-6,9H,2-3,7-8H2,1H3,(H,15,16);4-6,8H,2-3,7H2,1H3,(H,13,14);4-7,9H,2-3,8H2,1H3;3-6,8,13H,1-2,7H2;1-5,10H,6-7H2;1-4,9-10H;4H,1-3H2;1,3H;1H4;;;/q;;;;;;;;;;2*+1;-1/p-1. The van der Waals surface area contributed by atoms with Gasteiger partial charge in [-0.1, -0.05) is 84.0 Å². The summed E-state index contributed by atoms with van der Waals surface area (Å²) < 4.78 is 156. The summed E-state index contributed by atoms with van der Waals surface area (Å²) >= 11 is 3.38. The van der Waals surface area contributed by atoms with Gasteiger partial charge in [0.1, 0.15) is 38.7 Å². The van der Waals surface area contributed by atoms with E-state index in [0.717, 1.165) is 99.7 Å². The molecule has 0 unspecified atom stereocenters. The number of aromatic carboxylic acids is 1. The van der Waals surface area contributed by atoms with E-state index in [9.17, 15) is 81.9 Å². The molecule has 6 aliphatic carbocycles. The zero-order chi connectivity index (χ0) is 99.3. The summed E-state index contributed by atoms with van der Waals surface area (Å²) in [4.78, 5) is 110. The third kappa shape index (κ3) is 54.6. The van der Waals surface area contributed by atoms with Crippen LogP contribution >= 0.6 is 15.9 Å². The summed E-state index contributed by atoms with van der Waals surface area (Å²) in [6, 6.07) is 42.9. The van der Waals surface area contributed by atoms with E-state index in [-0.39, 0.29) is 211 Å². The van der Waals surface area contributed by atoms with Crippen molar-refractivity contribution in [2.45, 2.75) is 97.7 Å². The maximum Gasteiger partial charge on any atom is 1.00 e. The van der Waals surface area contributed by atoms with Crippen molar-refractivity contribution in [3.05, 3.63) is 214 Å². The molecule has 0 spiro atoms. The SMILES string of the molecule is BrCC1CC1.C.CS(=O)(=O)Oc1ccc(C(=O)O)cc1OCC1CC1.CS(=O)(=O)Oc1ccc(C(=O)OCC(=O)O)cc1OCC1CC1.CS(=O)(=O)Oc1ccc(C(=O)OCC(=O)OCc2ccccc2)cc1OCC1CC1.CS(=O)(=O)Oc1ccc(C=O)cc1OCC1CC1.O=C(CO)OCc1ccccc1.O=CO[O-].O=Cc1ccc(O)c(O)c1.O=Cc1ccc(O)c(OCC2CC2)c1.[H-].[K+].[K+]. The molecule has 138 heavy (non-hydrogen) atoms. The molecule has 0 atom stereocenters. The molecule has 46 heteroatoms. The summed E-state index contributed by atoms with van der Waals surface area (Å²) in [6.45, 7) is 0.602. The van der Waals surface area contributed by atoms with E-state index in [1.807, 2.05) is 60.7 Å². The number of halogens is 1. The van der Waals surface area contributed by atoms with Gasteiger partial charge >= 0.3 is 179 Å². The molecule has 6 N–H and O–H groups in total. The number of phenolic OH excluding ortho intramolecular Hbond substituents is 3. The molecule has 6 fully saturated rings. The van der Waals surface area contributed by atoms with Crippen LogP contribution in [-0.4, -0.2) is 209 Å². The number of aromatic hydroxyl groups is 3. The first-order valence-electron chi connectivity index (χ1n) is 41.1. The Hall–Kier alpha value is -9.87.